The van der Waals surface area contributed by atoms with Gasteiger partial charge in [-0.3, -0.25) is 9.69 Å². The molecule has 1 fully saturated rings. The quantitative estimate of drug-likeness (QED) is 0.843. The summed E-state index contributed by atoms with van der Waals surface area (Å²) in [5.41, 5.74) is 1.79. The zero-order chi connectivity index (χ0) is 19.0. The highest BCUT2D eigenvalue weighted by Crippen LogP contribution is 2.26. The van der Waals surface area contributed by atoms with Crippen LogP contribution in [0.5, 0.6) is 0 Å². The van der Waals surface area contributed by atoms with E-state index in [-0.39, 0.29) is 18.9 Å². The Bertz CT molecular complexity index is 729. The second-order valence-electron chi connectivity index (χ2n) is 6.79. The van der Waals surface area contributed by atoms with Gasteiger partial charge in [0.1, 0.15) is 18.0 Å². The minimum Gasteiger partial charge on any atom is -0.480 e. The van der Waals surface area contributed by atoms with E-state index in [4.69, 9.17) is 4.74 Å². The number of likely N-dealkylation sites (tertiary alicyclic amines) is 1. The summed E-state index contributed by atoms with van der Waals surface area (Å²) in [5, 5.41) is 9.23. The van der Waals surface area contributed by atoms with Crippen LogP contribution in [0.15, 0.2) is 12.1 Å². The van der Waals surface area contributed by atoms with Crippen LogP contribution in [0.1, 0.15) is 24.6 Å². The molecule has 3 rings (SSSR count). The van der Waals surface area contributed by atoms with Crippen molar-refractivity contribution >= 4 is 23.8 Å². The Morgan fingerprint density at radius 3 is 2.58 bits per heavy atom. The molecule has 1 saturated heterocycles. The molecule has 2 atom stereocenters. The molecule has 1 aromatic heterocycles. The van der Waals surface area contributed by atoms with Crippen molar-refractivity contribution in [3.8, 4) is 0 Å². The topological polar surface area (TPSA) is 103 Å². The summed E-state index contributed by atoms with van der Waals surface area (Å²) < 4.78 is 5.46. The average Bonchev–Trinajstić information content (AvgIpc) is 3.17. The number of aliphatic carboxylic acids is 1. The number of hydrogen-bond donors (Lipinski definition) is 1. The molecule has 26 heavy (non-hydrogen) atoms. The first-order valence-corrected chi connectivity index (χ1v) is 8.38. The van der Waals surface area contributed by atoms with Gasteiger partial charge in [0.25, 0.3) is 0 Å². The molecule has 0 radical (unpaired) electrons. The molecular weight excluding hydrogens is 340 g/mol. The Balaban J connectivity index is 1.63. The van der Waals surface area contributed by atoms with E-state index in [9.17, 15) is 19.5 Å². The molecule has 2 aliphatic heterocycles. The molecule has 0 spiro atoms. The molecule has 0 aliphatic carbocycles. The highest BCUT2D eigenvalue weighted by Gasteiger charge is 2.41. The number of amides is 2. The van der Waals surface area contributed by atoms with Crippen LogP contribution < -0.4 is 4.90 Å². The lowest BCUT2D eigenvalue weighted by molar-refractivity contribution is -0.147. The molecule has 140 valence electrons. The lowest BCUT2D eigenvalue weighted by atomic mass is 10.2. The van der Waals surface area contributed by atoms with E-state index in [1.54, 1.807) is 0 Å². The van der Waals surface area contributed by atoms with Gasteiger partial charge >= 0.3 is 12.1 Å². The van der Waals surface area contributed by atoms with Crippen molar-refractivity contribution in [3.63, 3.8) is 0 Å². The first-order valence-electron chi connectivity index (χ1n) is 8.38. The van der Waals surface area contributed by atoms with Crippen LogP contribution in [0, 0.1) is 0 Å². The lowest BCUT2D eigenvalue weighted by Crippen LogP contribution is -2.39. The van der Waals surface area contributed by atoms with Crippen molar-refractivity contribution in [1.82, 2.24) is 14.8 Å². The standard InChI is InChI=1S/C17H22N4O5/c1-10(22)21-8-12(6-14(21)16(23)24)26-17(25)20-7-11-4-5-15(19(2)3)18-13(11)9-20/h4-5,12,14H,6-9H2,1-3H3,(H,23,24)/t12-,14+/m1/s1. The first kappa shape index (κ1) is 18.0. The number of pyridine rings is 1. The fraction of sp³-hybridized carbons (Fsp3) is 0.529. The predicted octanol–water partition coefficient (Wildman–Crippen LogP) is 0.674. The van der Waals surface area contributed by atoms with E-state index >= 15 is 0 Å². The Morgan fingerprint density at radius 1 is 1.27 bits per heavy atom. The summed E-state index contributed by atoms with van der Waals surface area (Å²) in [6, 6.07) is 2.89. The van der Waals surface area contributed by atoms with Crippen LogP contribution in [0.2, 0.25) is 0 Å². The van der Waals surface area contributed by atoms with Gasteiger partial charge < -0.3 is 19.6 Å². The number of carbonyl (C=O) groups excluding carboxylic acids is 2. The summed E-state index contributed by atoms with van der Waals surface area (Å²) >= 11 is 0. The molecule has 0 saturated carbocycles. The van der Waals surface area contributed by atoms with Gasteiger partial charge in [0.15, 0.2) is 0 Å². The second kappa shape index (κ2) is 6.81. The third kappa shape index (κ3) is 3.42. The molecule has 0 bridgehead atoms. The van der Waals surface area contributed by atoms with Crippen molar-refractivity contribution in [3.05, 3.63) is 23.4 Å². The number of aromatic nitrogens is 1. The first-order chi connectivity index (χ1) is 12.3. The van der Waals surface area contributed by atoms with Crippen LogP contribution in [-0.4, -0.2) is 70.6 Å². The number of nitrogens with zero attached hydrogens (tertiary/aromatic N) is 4. The van der Waals surface area contributed by atoms with E-state index in [1.165, 1.54) is 16.7 Å². The Morgan fingerprint density at radius 2 is 2.00 bits per heavy atom. The molecule has 1 aromatic rings. The Hall–Kier alpha value is -2.84. The number of carboxylic acids is 1. The van der Waals surface area contributed by atoms with Gasteiger partial charge in [-0.25, -0.2) is 14.6 Å². The van der Waals surface area contributed by atoms with Crippen LogP contribution in [0.25, 0.3) is 0 Å². The minimum absolute atomic E-state index is 0.0991. The van der Waals surface area contributed by atoms with Gasteiger partial charge in [0.2, 0.25) is 5.91 Å². The maximum Gasteiger partial charge on any atom is 0.410 e. The number of carbonyl (C=O) groups is 3. The predicted molar refractivity (Wildman–Crippen MR) is 91.5 cm³/mol. The Labute approximate surface area is 151 Å². The number of hydrogen-bond acceptors (Lipinski definition) is 6. The third-order valence-corrected chi connectivity index (χ3v) is 4.69. The molecule has 9 heteroatoms. The number of rotatable bonds is 3. The van der Waals surface area contributed by atoms with Crippen LogP contribution in [-0.2, 0) is 27.4 Å². The molecule has 1 N–H and O–H groups in total. The maximum atomic E-state index is 12.5. The van der Waals surface area contributed by atoms with Crippen molar-refractivity contribution in [1.29, 1.82) is 0 Å². The van der Waals surface area contributed by atoms with Crippen LogP contribution in [0.3, 0.4) is 0 Å². The summed E-state index contributed by atoms with van der Waals surface area (Å²) in [4.78, 5) is 44.5. The average molecular weight is 362 g/mol. The maximum absolute atomic E-state index is 12.5. The molecule has 2 aliphatic rings. The lowest BCUT2D eigenvalue weighted by Gasteiger charge is -2.20. The van der Waals surface area contributed by atoms with E-state index in [1.807, 2.05) is 31.1 Å². The number of ether oxygens (including phenoxy) is 1. The fourth-order valence-electron chi connectivity index (χ4n) is 3.30. The molecule has 0 unspecified atom stereocenters. The molecule has 2 amide bonds. The number of fused-ring (bicyclic) bond motifs is 1. The van der Waals surface area contributed by atoms with Crippen molar-refractivity contribution < 1.29 is 24.2 Å². The molecule has 0 aromatic carbocycles. The van der Waals surface area contributed by atoms with E-state index < -0.39 is 24.2 Å². The summed E-state index contributed by atoms with van der Waals surface area (Å²) in [6.07, 6.45) is -1.04. The largest absolute Gasteiger partial charge is 0.480 e. The number of anilines is 1. The summed E-state index contributed by atoms with van der Waals surface area (Å²) in [5.74, 6) is -0.617. The van der Waals surface area contributed by atoms with Gasteiger partial charge in [-0.15, -0.1) is 0 Å². The fourth-order valence-corrected chi connectivity index (χ4v) is 3.30. The zero-order valence-corrected chi connectivity index (χ0v) is 15.0. The number of carboxylic acid groups (broad SMARTS) is 1. The van der Waals surface area contributed by atoms with Crippen molar-refractivity contribution in [2.75, 3.05) is 25.5 Å². The van der Waals surface area contributed by atoms with Gasteiger partial charge in [0.05, 0.1) is 25.3 Å². The monoisotopic (exact) mass is 362 g/mol. The smallest absolute Gasteiger partial charge is 0.410 e. The highest BCUT2D eigenvalue weighted by molar-refractivity contribution is 5.83. The summed E-state index contributed by atoms with van der Waals surface area (Å²) in [7, 11) is 3.80. The molecular formula is C17H22N4O5. The van der Waals surface area contributed by atoms with E-state index in [0.29, 0.717) is 13.1 Å². The zero-order valence-electron chi connectivity index (χ0n) is 15.0. The van der Waals surface area contributed by atoms with Crippen LogP contribution in [0.4, 0.5) is 10.6 Å². The normalized spacial score (nSPS) is 21.5. The SMILES string of the molecule is CC(=O)N1C[C@H](OC(=O)N2Cc3ccc(N(C)C)nc3C2)C[C@H]1C(=O)O. The Kier molecular flexibility index (Phi) is 4.71. The van der Waals surface area contributed by atoms with Gasteiger partial charge in [-0.1, -0.05) is 6.07 Å². The van der Waals surface area contributed by atoms with Crippen LogP contribution >= 0.6 is 0 Å². The molecule has 9 nitrogen and oxygen atoms in total. The molecule has 3 heterocycles. The van der Waals surface area contributed by atoms with E-state index in [2.05, 4.69) is 4.98 Å². The van der Waals surface area contributed by atoms with Gasteiger partial charge in [-0.05, 0) is 11.6 Å². The third-order valence-electron chi connectivity index (χ3n) is 4.69. The van der Waals surface area contributed by atoms with Crippen molar-refractivity contribution in [2.45, 2.75) is 38.6 Å². The van der Waals surface area contributed by atoms with Crippen molar-refractivity contribution in [2.24, 2.45) is 0 Å². The van der Waals surface area contributed by atoms with Gasteiger partial charge in [0, 0.05) is 27.4 Å². The minimum atomic E-state index is -1.09. The highest BCUT2D eigenvalue weighted by atomic mass is 16.6. The second-order valence-corrected chi connectivity index (χ2v) is 6.79. The van der Waals surface area contributed by atoms with E-state index in [0.717, 1.165) is 17.1 Å². The van der Waals surface area contributed by atoms with Gasteiger partial charge in [-0.2, -0.15) is 0 Å². The summed E-state index contributed by atoms with van der Waals surface area (Å²) in [6.45, 7) is 2.16.